The number of ether oxygens (including phenoxy) is 1. The lowest BCUT2D eigenvalue weighted by Crippen LogP contribution is -2.48. The molecule has 1 heterocycles. The Morgan fingerprint density at radius 3 is 2.45 bits per heavy atom. The highest BCUT2D eigenvalue weighted by molar-refractivity contribution is 7.89. The van der Waals surface area contributed by atoms with Gasteiger partial charge < -0.3 is 4.74 Å². The van der Waals surface area contributed by atoms with Crippen LogP contribution in [-0.2, 0) is 27.6 Å². The minimum atomic E-state index is -3.40. The van der Waals surface area contributed by atoms with Crippen molar-refractivity contribution in [3.05, 3.63) is 29.3 Å². The summed E-state index contributed by atoms with van der Waals surface area (Å²) in [5.74, 6) is 0. The summed E-state index contributed by atoms with van der Waals surface area (Å²) in [6.07, 6.45) is 3.09. The molecule has 0 bridgehead atoms. The molecular weight excluding hydrogens is 274 g/mol. The fraction of sp³-hybridized carbons (Fsp3) is 0.600. The molecule has 2 unspecified atom stereocenters. The van der Waals surface area contributed by atoms with Crippen LogP contribution in [0, 0.1) is 0 Å². The van der Waals surface area contributed by atoms with Crippen LogP contribution in [0.25, 0.3) is 0 Å². The van der Waals surface area contributed by atoms with Gasteiger partial charge >= 0.3 is 0 Å². The van der Waals surface area contributed by atoms with Crippen LogP contribution in [0.4, 0.5) is 0 Å². The van der Waals surface area contributed by atoms with E-state index in [1.165, 1.54) is 11.1 Å². The highest BCUT2D eigenvalue weighted by Gasteiger charge is 2.32. The highest BCUT2D eigenvalue weighted by atomic mass is 32.2. The van der Waals surface area contributed by atoms with Crippen LogP contribution in [0.15, 0.2) is 23.1 Å². The Balaban J connectivity index is 1.91. The van der Waals surface area contributed by atoms with E-state index in [0.29, 0.717) is 18.0 Å². The van der Waals surface area contributed by atoms with Crippen molar-refractivity contribution >= 4 is 10.0 Å². The van der Waals surface area contributed by atoms with Crippen LogP contribution in [0.1, 0.15) is 31.4 Å². The van der Waals surface area contributed by atoms with Gasteiger partial charge in [-0.15, -0.1) is 0 Å². The Bertz CT molecular complexity index is 602. The van der Waals surface area contributed by atoms with Crippen LogP contribution in [0.2, 0.25) is 0 Å². The fourth-order valence-corrected chi connectivity index (χ4v) is 4.83. The van der Waals surface area contributed by atoms with E-state index in [-0.39, 0.29) is 12.2 Å². The summed E-state index contributed by atoms with van der Waals surface area (Å²) in [6.45, 7) is 4.70. The van der Waals surface area contributed by atoms with Crippen molar-refractivity contribution < 1.29 is 13.2 Å². The first-order valence-electron chi connectivity index (χ1n) is 7.24. The standard InChI is InChI=1S/C15H21NO3S/c1-11-9-16(10-12(2)19-11)20(17,18)15-7-6-13-4-3-5-14(13)8-15/h6-8,11-12H,3-5,9-10H2,1-2H3. The van der Waals surface area contributed by atoms with E-state index in [4.69, 9.17) is 4.74 Å². The third-order valence-electron chi connectivity index (χ3n) is 4.09. The molecule has 0 N–H and O–H groups in total. The van der Waals surface area contributed by atoms with Gasteiger partial charge in [0.2, 0.25) is 10.0 Å². The monoisotopic (exact) mass is 295 g/mol. The van der Waals surface area contributed by atoms with E-state index >= 15 is 0 Å². The van der Waals surface area contributed by atoms with Crippen molar-refractivity contribution in [2.45, 2.75) is 50.2 Å². The van der Waals surface area contributed by atoms with Crippen molar-refractivity contribution in [2.24, 2.45) is 0 Å². The lowest BCUT2D eigenvalue weighted by Gasteiger charge is -2.34. The van der Waals surface area contributed by atoms with Gasteiger partial charge in [0.25, 0.3) is 0 Å². The molecule has 2 atom stereocenters. The number of sulfonamides is 1. The van der Waals surface area contributed by atoms with Crippen molar-refractivity contribution in [1.82, 2.24) is 4.31 Å². The number of nitrogens with zero attached hydrogens (tertiary/aromatic N) is 1. The molecule has 0 aromatic heterocycles. The molecule has 0 spiro atoms. The zero-order chi connectivity index (χ0) is 14.3. The van der Waals surface area contributed by atoms with Crippen molar-refractivity contribution in [3.8, 4) is 0 Å². The zero-order valence-corrected chi connectivity index (χ0v) is 12.8. The average Bonchev–Trinajstić information content (AvgIpc) is 2.84. The van der Waals surface area contributed by atoms with Crippen LogP contribution < -0.4 is 0 Å². The number of hydrogen-bond acceptors (Lipinski definition) is 3. The molecular formula is C15H21NO3S. The summed E-state index contributed by atoms with van der Waals surface area (Å²) >= 11 is 0. The first-order chi connectivity index (χ1) is 9.46. The van der Waals surface area contributed by atoms with E-state index in [0.717, 1.165) is 19.3 Å². The Labute approximate surface area is 120 Å². The quantitative estimate of drug-likeness (QED) is 0.838. The molecule has 2 aliphatic rings. The Hall–Kier alpha value is -0.910. The largest absolute Gasteiger partial charge is 0.373 e. The third kappa shape index (κ3) is 2.50. The van der Waals surface area contributed by atoms with E-state index in [1.54, 1.807) is 10.4 Å². The summed E-state index contributed by atoms with van der Waals surface area (Å²) in [5, 5.41) is 0. The van der Waals surface area contributed by atoms with Gasteiger partial charge in [-0.1, -0.05) is 6.07 Å². The maximum Gasteiger partial charge on any atom is 0.243 e. The van der Waals surface area contributed by atoms with E-state index in [2.05, 4.69) is 0 Å². The van der Waals surface area contributed by atoms with Crippen LogP contribution in [0.5, 0.6) is 0 Å². The second-order valence-electron chi connectivity index (χ2n) is 5.86. The van der Waals surface area contributed by atoms with Crippen LogP contribution in [-0.4, -0.2) is 38.0 Å². The SMILES string of the molecule is CC1CN(S(=O)(=O)c2ccc3c(c2)CCC3)CC(C)O1. The Kier molecular flexibility index (Phi) is 3.60. The molecule has 110 valence electrons. The molecule has 0 radical (unpaired) electrons. The van der Waals surface area contributed by atoms with Crippen LogP contribution in [0.3, 0.4) is 0 Å². The average molecular weight is 295 g/mol. The fourth-order valence-electron chi connectivity index (χ4n) is 3.18. The van der Waals surface area contributed by atoms with Gasteiger partial charge in [-0.05, 0) is 56.4 Å². The molecule has 4 nitrogen and oxygen atoms in total. The Morgan fingerprint density at radius 1 is 1.10 bits per heavy atom. The van der Waals surface area contributed by atoms with Crippen LogP contribution >= 0.6 is 0 Å². The number of aryl methyl sites for hydroxylation is 2. The van der Waals surface area contributed by atoms with Crippen molar-refractivity contribution in [3.63, 3.8) is 0 Å². The number of fused-ring (bicyclic) bond motifs is 1. The topological polar surface area (TPSA) is 46.6 Å². The smallest absolute Gasteiger partial charge is 0.243 e. The first-order valence-corrected chi connectivity index (χ1v) is 8.68. The lowest BCUT2D eigenvalue weighted by molar-refractivity contribution is -0.0440. The maximum absolute atomic E-state index is 12.7. The molecule has 5 heteroatoms. The van der Waals surface area contributed by atoms with E-state index < -0.39 is 10.0 Å². The highest BCUT2D eigenvalue weighted by Crippen LogP contribution is 2.27. The first kappa shape index (κ1) is 14.0. The molecule has 0 saturated carbocycles. The molecule has 1 aliphatic carbocycles. The summed E-state index contributed by atoms with van der Waals surface area (Å²) in [7, 11) is -3.40. The van der Waals surface area contributed by atoms with Gasteiger partial charge in [0.15, 0.2) is 0 Å². The number of benzene rings is 1. The van der Waals surface area contributed by atoms with Gasteiger partial charge in [0, 0.05) is 13.1 Å². The molecule has 1 aliphatic heterocycles. The molecule has 20 heavy (non-hydrogen) atoms. The zero-order valence-electron chi connectivity index (χ0n) is 12.0. The number of morpholine rings is 1. The van der Waals surface area contributed by atoms with Gasteiger partial charge in [-0.2, -0.15) is 4.31 Å². The summed E-state index contributed by atoms with van der Waals surface area (Å²) in [4.78, 5) is 0.430. The summed E-state index contributed by atoms with van der Waals surface area (Å²) in [6, 6.07) is 5.59. The minimum Gasteiger partial charge on any atom is -0.373 e. The second-order valence-corrected chi connectivity index (χ2v) is 7.80. The van der Waals surface area contributed by atoms with Gasteiger partial charge in [0.1, 0.15) is 0 Å². The summed E-state index contributed by atoms with van der Waals surface area (Å²) in [5.41, 5.74) is 2.49. The third-order valence-corrected chi connectivity index (χ3v) is 5.92. The van der Waals surface area contributed by atoms with Gasteiger partial charge in [-0.3, -0.25) is 0 Å². The van der Waals surface area contributed by atoms with Crippen molar-refractivity contribution in [2.75, 3.05) is 13.1 Å². The van der Waals surface area contributed by atoms with Gasteiger partial charge in [-0.25, -0.2) is 8.42 Å². The summed E-state index contributed by atoms with van der Waals surface area (Å²) < 4.78 is 32.7. The molecule has 1 saturated heterocycles. The van der Waals surface area contributed by atoms with E-state index in [1.807, 2.05) is 26.0 Å². The number of hydrogen-bond donors (Lipinski definition) is 0. The molecule has 3 rings (SSSR count). The normalized spacial score (nSPS) is 27.5. The molecule has 1 aromatic rings. The second kappa shape index (κ2) is 5.13. The lowest BCUT2D eigenvalue weighted by atomic mass is 10.1. The minimum absolute atomic E-state index is 0.0528. The van der Waals surface area contributed by atoms with Crippen molar-refractivity contribution in [1.29, 1.82) is 0 Å². The molecule has 1 aromatic carbocycles. The predicted molar refractivity (Wildman–Crippen MR) is 77.2 cm³/mol. The number of rotatable bonds is 2. The Morgan fingerprint density at radius 2 is 1.75 bits per heavy atom. The predicted octanol–water partition coefficient (Wildman–Crippen LogP) is 1.97. The molecule has 0 amide bonds. The van der Waals surface area contributed by atoms with Gasteiger partial charge in [0.05, 0.1) is 17.1 Å². The maximum atomic E-state index is 12.7. The molecule has 1 fully saturated rings. The van der Waals surface area contributed by atoms with E-state index in [9.17, 15) is 8.42 Å².